The quantitative estimate of drug-likeness (QED) is 0.869. The number of carbonyl (C=O) groups is 1. The Morgan fingerprint density at radius 3 is 3.00 bits per heavy atom. The van der Waals surface area contributed by atoms with Crippen molar-refractivity contribution < 1.29 is 9.53 Å². The van der Waals surface area contributed by atoms with Crippen molar-refractivity contribution in [3.8, 4) is 5.75 Å². The molecule has 1 aromatic carbocycles. The highest BCUT2D eigenvalue weighted by molar-refractivity contribution is 5.77. The molecule has 2 atom stereocenters. The second kappa shape index (κ2) is 7.17. The third-order valence-electron chi connectivity index (χ3n) is 3.79. The zero-order valence-corrected chi connectivity index (χ0v) is 12.3. The molecule has 1 amide bonds. The minimum atomic E-state index is -0.121. The molecule has 0 spiro atoms. The van der Waals surface area contributed by atoms with E-state index in [9.17, 15) is 4.79 Å². The van der Waals surface area contributed by atoms with Gasteiger partial charge < -0.3 is 15.4 Å². The predicted molar refractivity (Wildman–Crippen MR) is 81.0 cm³/mol. The maximum atomic E-state index is 11.2. The summed E-state index contributed by atoms with van der Waals surface area (Å²) in [5.41, 5.74) is 1.07. The first-order valence-corrected chi connectivity index (χ1v) is 7.37. The lowest BCUT2D eigenvalue weighted by Gasteiger charge is -2.28. The summed E-state index contributed by atoms with van der Waals surface area (Å²) in [5.74, 6) is 1.40. The van der Waals surface area contributed by atoms with E-state index in [1.54, 1.807) is 7.05 Å². The van der Waals surface area contributed by atoms with Gasteiger partial charge in [0.2, 0.25) is 0 Å². The maximum Gasteiger partial charge on any atom is 0.257 e. The maximum absolute atomic E-state index is 11.2. The van der Waals surface area contributed by atoms with Gasteiger partial charge in [-0.05, 0) is 30.9 Å². The number of likely N-dealkylation sites (N-methyl/N-ethyl adjacent to an activating group) is 1. The molecule has 1 saturated carbocycles. The van der Waals surface area contributed by atoms with Crippen LogP contribution in [0, 0.1) is 5.92 Å². The number of ether oxygens (including phenoxy) is 1. The zero-order valence-electron chi connectivity index (χ0n) is 12.3. The molecule has 2 N–H and O–H groups in total. The average molecular weight is 276 g/mol. The Bertz CT molecular complexity index is 448. The third kappa shape index (κ3) is 4.44. The summed E-state index contributed by atoms with van der Waals surface area (Å²) in [5, 5.41) is 6.11. The molecule has 0 saturated heterocycles. The number of benzene rings is 1. The van der Waals surface area contributed by atoms with Crippen LogP contribution in [0.15, 0.2) is 24.3 Å². The van der Waals surface area contributed by atoms with Crippen molar-refractivity contribution in [2.45, 2.75) is 38.6 Å². The molecule has 1 aliphatic rings. The van der Waals surface area contributed by atoms with Crippen molar-refractivity contribution in [2.75, 3.05) is 19.0 Å². The van der Waals surface area contributed by atoms with Gasteiger partial charge in [0.15, 0.2) is 6.61 Å². The lowest BCUT2D eigenvalue weighted by Crippen LogP contribution is -2.26. The van der Waals surface area contributed by atoms with Crippen molar-refractivity contribution in [3.63, 3.8) is 0 Å². The number of hydrogen-bond acceptors (Lipinski definition) is 3. The number of anilines is 1. The van der Waals surface area contributed by atoms with Crippen LogP contribution < -0.4 is 15.4 Å². The zero-order chi connectivity index (χ0) is 14.4. The van der Waals surface area contributed by atoms with Gasteiger partial charge in [0.25, 0.3) is 5.91 Å². The predicted octanol–water partition coefficient (Wildman–Crippen LogP) is 2.80. The largest absolute Gasteiger partial charge is 0.484 e. The summed E-state index contributed by atoms with van der Waals surface area (Å²) in [6.45, 7) is 2.37. The van der Waals surface area contributed by atoms with Crippen LogP contribution in [-0.4, -0.2) is 25.6 Å². The first kappa shape index (κ1) is 14.7. The molecule has 0 radical (unpaired) electrons. The summed E-state index contributed by atoms with van der Waals surface area (Å²) in [7, 11) is 1.61. The van der Waals surface area contributed by atoms with E-state index in [1.165, 1.54) is 25.7 Å². The standard InChI is InChI=1S/C16H24N2O2/c1-12-5-3-6-13(9-12)18-14-7-4-8-15(10-14)20-11-16(19)17-2/h4,7-8,10,12-13,18H,3,5-6,9,11H2,1-2H3,(H,17,19). The van der Waals surface area contributed by atoms with Gasteiger partial charge in [-0.25, -0.2) is 0 Å². The van der Waals surface area contributed by atoms with E-state index < -0.39 is 0 Å². The molecule has 0 heterocycles. The Balaban J connectivity index is 1.90. The van der Waals surface area contributed by atoms with E-state index in [0.29, 0.717) is 6.04 Å². The first-order valence-electron chi connectivity index (χ1n) is 7.37. The Labute approximate surface area is 120 Å². The second-order valence-electron chi connectivity index (χ2n) is 5.60. The smallest absolute Gasteiger partial charge is 0.257 e. The molecule has 0 bridgehead atoms. The van der Waals surface area contributed by atoms with Gasteiger partial charge in [-0.3, -0.25) is 4.79 Å². The molecule has 110 valence electrons. The van der Waals surface area contributed by atoms with E-state index in [4.69, 9.17) is 4.74 Å². The van der Waals surface area contributed by atoms with Crippen molar-refractivity contribution in [1.29, 1.82) is 0 Å². The van der Waals surface area contributed by atoms with Crippen LogP contribution in [-0.2, 0) is 4.79 Å². The molecule has 1 aliphatic carbocycles. The van der Waals surface area contributed by atoms with Crippen molar-refractivity contribution in [3.05, 3.63) is 24.3 Å². The Hall–Kier alpha value is -1.71. The average Bonchev–Trinajstić information content (AvgIpc) is 2.45. The Morgan fingerprint density at radius 1 is 1.40 bits per heavy atom. The van der Waals surface area contributed by atoms with Gasteiger partial charge in [0.1, 0.15) is 5.75 Å². The molecule has 1 fully saturated rings. The molecular formula is C16H24N2O2. The lowest BCUT2D eigenvalue weighted by atomic mass is 9.87. The van der Waals surface area contributed by atoms with Crippen LogP contribution >= 0.6 is 0 Å². The van der Waals surface area contributed by atoms with Crippen LogP contribution in [0.25, 0.3) is 0 Å². The second-order valence-corrected chi connectivity index (χ2v) is 5.60. The number of rotatable bonds is 5. The molecule has 2 unspecified atom stereocenters. The van der Waals surface area contributed by atoms with Crippen LogP contribution in [0.5, 0.6) is 5.75 Å². The fourth-order valence-electron chi connectivity index (χ4n) is 2.70. The van der Waals surface area contributed by atoms with E-state index >= 15 is 0 Å². The van der Waals surface area contributed by atoms with Gasteiger partial charge in [0, 0.05) is 24.8 Å². The SMILES string of the molecule is CNC(=O)COc1cccc(NC2CCCC(C)C2)c1. The fraction of sp³-hybridized carbons (Fsp3) is 0.562. The highest BCUT2D eigenvalue weighted by Crippen LogP contribution is 2.27. The summed E-state index contributed by atoms with van der Waals surface area (Å²) in [6.07, 6.45) is 5.09. The fourth-order valence-corrected chi connectivity index (χ4v) is 2.70. The molecule has 4 heteroatoms. The van der Waals surface area contributed by atoms with Gasteiger partial charge in [-0.1, -0.05) is 25.8 Å². The van der Waals surface area contributed by atoms with E-state index in [0.717, 1.165) is 17.4 Å². The molecule has 0 aliphatic heterocycles. The number of hydrogen-bond donors (Lipinski definition) is 2. The van der Waals surface area contributed by atoms with Gasteiger partial charge in [-0.2, -0.15) is 0 Å². The van der Waals surface area contributed by atoms with Crippen LogP contribution in [0.1, 0.15) is 32.6 Å². The van der Waals surface area contributed by atoms with Gasteiger partial charge in [0.05, 0.1) is 0 Å². The third-order valence-corrected chi connectivity index (χ3v) is 3.79. The van der Waals surface area contributed by atoms with Gasteiger partial charge in [-0.15, -0.1) is 0 Å². The normalized spacial score (nSPS) is 22.1. The van der Waals surface area contributed by atoms with E-state index in [-0.39, 0.29) is 12.5 Å². The number of amides is 1. The van der Waals surface area contributed by atoms with Crippen molar-refractivity contribution in [2.24, 2.45) is 5.92 Å². The minimum Gasteiger partial charge on any atom is -0.484 e. The molecule has 20 heavy (non-hydrogen) atoms. The summed E-state index contributed by atoms with van der Waals surface area (Å²) in [4.78, 5) is 11.2. The highest BCUT2D eigenvalue weighted by atomic mass is 16.5. The molecular weight excluding hydrogens is 252 g/mol. The van der Waals surface area contributed by atoms with Crippen LogP contribution in [0.3, 0.4) is 0 Å². The molecule has 1 aromatic rings. The van der Waals surface area contributed by atoms with E-state index in [1.807, 2.05) is 24.3 Å². The number of nitrogens with one attached hydrogen (secondary N) is 2. The minimum absolute atomic E-state index is 0.0560. The highest BCUT2D eigenvalue weighted by Gasteiger charge is 2.18. The topological polar surface area (TPSA) is 50.4 Å². The van der Waals surface area contributed by atoms with Crippen molar-refractivity contribution >= 4 is 11.6 Å². The Morgan fingerprint density at radius 2 is 2.25 bits per heavy atom. The monoisotopic (exact) mass is 276 g/mol. The van der Waals surface area contributed by atoms with E-state index in [2.05, 4.69) is 17.6 Å². The Kier molecular flexibility index (Phi) is 5.27. The van der Waals surface area contributed by atoms with Gasteiger partial charge >= 0.3 is 0 Å². The lowest BCUT2D eigenvalue weighted by molar-refractivity contribution is -0.122. The first-order chi connectivity index (χ1) is 9.67. The summed E-state index contributed by atoms with van der Waals surface area (Å²) < 4.78 is 5.46. The molecule has 0 aromatic heterocycles. The van der Waals surface area contributed by atoms with Crippen molar-refractivity contribution in [1.82, 2.24) is 5.32 Å². The summed E-state index contributed by atoms with van der Waals surface area (Å²) in [6, 6.07) is 8.38. The molecule has 2 rings (SSSR count). The number of carbonyl (C=O) groups excluding carboxylic acids is 1. The summed E-state index contributed by atoms with van der Waals surface area (Å²) >= 11 is 0. The van der Waals surface area contributed by atoms with Crippen LogP contribution in [0.2, 0.25) is 0 Å². The molecule has 4 nitrogen and oxygen atoms in total. The van der Waals surface area contributed by atoms with Crippen LogP contribution in [0.4, 0.5) is 5.69 Å².